The predicted molar refractivity (Wildman–Crippen MR) is 305 cm³/mol. The van der Waals surface area contributed by atoms with Crippen molar-refractivity contribution in [3.05, 3.63) is 165 Å². The largest absolute Gasteiger partial charge is 0.310 e. The van der Waals surface area contributed by atoms with Crippen molar-refractivity contribution in [3.8, 4) is 11.1 Å². The van der Waals surface area contributed by atoms with E-state index < -0.39 is 0 Å². The molecule has 0 N–H and O–H groups in total. The molecule has 0 heterocycles. The summed E-state index contributed by atoms with van der Waals surface area (Å²) in [5.74, 6) is 0. The fourth-order valence-corrected chi connectivity index (χ4v) is 13.9. The second-order valence-corrected chi connectivity index (χ2v) is 25.0. The molecule has 0 spiro atoms. The minimum Gasteiger partial charge on any atom is -0.310 e. The third-order valence-electron chi connectivity index (χ3n) is 19.1. The van der Waals surface area contributed by atoms with E-state index in [0.29, 0.717) is 0 Å². The molecule has 2 nitrogen and oxygen atoms in total. The highest BCUT2D eigenvalue weighted by Gasteiger charge is 2.62. The zero-order valence-corrected chi connectivity index (χ0v) is 46.4. The number of hydrogen-bond donors (Lipinski definition) is 0. The van der Waals surface area contributed by atoms with Gasteiger partial charge in [-0.15, -0.1) is 0 Å². The van der Waals surface area contributed by atoms with E-state index in [2.05, 4.69) is 230 Å². The lowest BCUT2D eigenvalue weighted by Crippen LogP contribution is -2.43. The van der Waals surface area contributed by atoms with E-state index in [4.69, 9.17) is 0 Å². The highest BCUT2D eigenvalue weighted by molar-refractivity contribution is 5.89. The molecule has 3 aliphatic carbocycles. The molecular formula is C68H86N2. The van der Waals surface area contributed by atoms with Gasteiger partial charge in [0.1, 0.15) is 0 Å². The monoisotopic (exact) mass is 931 g/mol. The van der Waals surface area contributed by atoms with Crippen molar-refractivity contribution in [1.29, 1.82) is 0 Å². The molecule has 368 valence electrons. The van der Waals surface area contributed by atoms with Crippen LogP contribution in [0.25, 0.3) is 11.1 Å². The summed E-state index contributed by atoms with van der Waals surface area (Å²) >= 11 is 0. The number of anilines is 6. The molecule has 3 aliphatic rings. The van der Waals surface area contributed by atoms with Gasteiger partial charge in [-0.2, -0.15) is 0 Å². The van der Waals surface area contributed by atoms with Crippen LogP contribution in [-0.4, -0.2) is 0 Å². The van der Waals surface area contributed by atoms with Crippen molar-refractivity contribution in [3.63, 3.8) is 0 Å². The predicted octanol–water partition coefficient (Wildman–Crippen LogP) is 20.1. The Hall–Kier alpha value is -5.08. The maximum Gasteiger partial charge on any atom is 0.0520 e. The summed E-state index contributed by atoms with van der Waals surface area (Å²) in [4.78, 5) is 5.22. The first-order valence-corrected chi connectivity index (χ1v) is 27.4. The highest BCUT2D eigenvalue weighted by atomic mass is 15.2. The normalized spacial score (nSPS) is 18.9. The molecule has 9 rings (SSSR count). The molecule has 2 heteroatoms. The second kappa shape index (κ2) is 17.9. The Labute approximate surface area is 425 Å². The summed E-state index contributed by atoms with van der Waals surface area (Å²) in [5.41, 5.74) is 25.3. The molecule has 6 aromatic rings. The number of benzene rings is 6. The summed E-state index contributed by atoms with van der Waals surface area (Å²) in [5, 5.41) is 0. The topological polar surface area (TPSA) is 6.48 Å². The van der Waals surface area contributed by atoms with E-state index in [1.165, 1.54) is 128 Å². The fourth-order valence-electron chi connectivity index (χ4n) is 13.9. The Bertz CT molecular complexity index is 2650. The molecule has 6 aromatic carbocycles. The van der Waals surface area contributed by atoms with Gasteiger partial charge >= 0.3 is 0 Å². The van der Waals surface area contributed by atoms with Gasteiger partial charge in [-0.1, -0.05) is 157 Å². The molecule has 0 aliphatic heterocycles. The first-order valence-electron chi connectivity index (χ1n) is 27.4. The molecule has 2 fully saturated rings. The van der Waals surface area contributed by atoms with E-state index in [1.54, 1.807) is 11.1 Å². The lowest BCUT2D eigenvalue weighted by Gasteiger charge is -2.48. The van der Waals surface area contributed by atoms with Gasteiger partial charge in [-0.25, -0.2) is 0 Å². The van der Waals surface area contributed by atoms with Crippen LogP contribution in [0.3, 0.4) is 0 Å². The molecule has 2 saturated carbocycles. The Morgan fingerprint density at radius 2 is 0.657 bits per heavy atom. The standard InChI is InChI=1S/C68H86N2/c1-17-65(15,18-2)49-23-27-53(28-24-49)69(61-45(5)39-51(40-46(61)6)63(9,10)11)55-31-33-57-58-34-32-56(44-60(58)68-37-21-35-67(68,36-22-38-68)59(57)43-55)70(54-29-25-50(26-30-54)66(16,19-3)20-4)62-47(7)41-52(42-48(62)8)64(12,13)14/h23-34,39-44H,17-22,35-38H2,1-16H3. The van der Waals surface area contributed by atoms with E-state index in [0.717, 1.165) is 25.7 Å². The van der Waals surface area contributed by atoms with E-state index >= 15 is 0 Å². The van der Waals surface area contributed by atoms with Crippen molar-refractivity contribution in [2.45, 2.75) is 207 Å². The van der Waals surface area contributed by atoms with Crippen molar-refractivity contribution in [2.24, 2.45) is 0 Å². The molecule has 0 aromatic heterocycles. The zero-order valence-electron chi connectivity index (χ0n) is 46.4. The van der Waals surface area contributed by atoms with Gasteiger partial charge in [0.15, 0.2) is 0 Å². The van der Waals surface area contributed by atoms with Gasteiger partial charge in [0.2, 0.25) is 0 Å². The first kappa shape index (κ1) is 49.9. The summed E-state index contributed by atoms with van der Waals surface area (Å²) in [6.45, 7) is 37.6. The van der Waals surface area contributed by atoms with Gasteiger partial charge in [-0.05, 0) is 216 Å². The van der Waals surface area contributed by atoms with Gasteiger partial charge in [0.05, 0.1) is 11.4 Å². The van der Waals surface area contributed by atoms with Crippen LogP contribution in [0.5, 0.6) is 0 Å². The number of nitrogens with zero attached hydrogens (tertiary/aromatic N) is 2. The summed E-state index contributed by atoms with van der Waals surface area (Å²) in [6.07, 6.45) is 12.0. The average Bonchev–Trinajstić information content (AvgIpc) is 3.92. The van der Waals surface area contributed by atoms with Crippen molar-refractivity contribution < 1.29 is 0 Å². The highest BCUT2D eigenvalue weighted by Crippen LogP contribution is 2.70. The number of hydrogen-bond acceptors (Lipinski definition) is 2. The quantitative estimate of drug-likeness (QED) is 0.121. The molecule has 0 saturated heterocycles. The van der Waals surface area contributed by atoms with Crippen molar-refractivity contribution in [1.82, 2.24) is 0 Å². The summed E-state index contributed by atoms with van der Waals surface area (Å²) in [6, 6.07) is 44.4. The SMILES string of the molecule is CCC(C)(CC)c1ccc(N(c2ccc3c(c2)C24CCCC2(CCC4)c2cc(N(c4ccc(C(C)(CC)CC)cc4)c4c(C)cc(C(C)(C)C)cc4C)ccc2-3)c2c(C)cc(C(C)(C)C)cc2C)cc1. The number of aryl methyl sites for hydroxylation is 4. The van der Waals surface area contributed by atoms with Crippen LogP contribution < -0.4 is 9.80 Å². The van der Waals surface area contributed by atoms with Gasteiger partial charge < -0.3 is 9.80 Å². The molecule has 0 bridgehead atoms. The molecule has 70 heavy (non-hydrogen) atoms. The summed E-state index contributed by atoms with van der Waals surface area (Å²) < 4.78 is 0. The van der Waals surface area contributed by atoms with Crippen LogP contribution in [0.1, 0.15) is 203 Å². The first-order chi connectivity index (χ1) is 33.1. The van der Waals surface area contributed by atoms with Gasteiger partial charge in [-0.3, -0.25) is 0 Å². The average molecular weight is 931 g/mol. The van der Waals surface area contributed by atoms with Gasteiger partial charge in [0, 0.05) is 33.6 Å². The van der Waals surface area contributed by atoms with Crippen LogP contribution in [0.4, 0.5) is 34.1 Å². The molecule has 0 radical (unpaired) electrons. The lowest BCUT2D eigenvalue weighted by atomic mass is 9.55. The van der Waals surface area contributed by atoms with Crippen molar-refractivity contribution in [2.75, 3.05) is 9.80 Å². The Morgan fingerprint density at radius 1 is 0.371 bits per heavy atom. The Kier molecular flexibility index (Phi) is 12.8. The van der Waals surface area contributed by atoms with Crippen LogP contribution in [0.2, 0.25) is 0 Å². The van der Waals surface area contributed by atoms with E-state index in [1.807, 2.05) is 0 Å². The van der Waals surface area contributed by atoms with Crippen LogP contribution in [-0.2, 0) is 32.5 Å². The Morgan fingerprint density at radius 3 is 0.929 bits per heavy atom. The number of rotatable bonds is 12. The molecule has 0 amide bonds. The molecule has 0 atom stereocenters. The molecule has 0 unspecified atom stereocenters. The molecular weight excluding hydrogens is 845 g/mol. The summed E-state index contributed by atoms with van der Waals surface area (Å²) in [7, 11) is 0. The van der Waals surface area contributed by atoms with E-state index in [-0.39, 0.29) is 32.5 Å². The van der Waals surface area contributed by atoms with Crippen LogP contribution >= 0.6 is 0 Å². The maximum absolute atomic E-state index is 2.67. The van der Waals surface area contributed by atoms with E-state index in [9.17, 15) is 0 Å². The smallest absolute Gasteiger partial charge is 0.0520 e. The fraction of sp³-hybridized carbons (Fsp3) is 0.471. The van der Waals surface area contributed by atoms with Crippen LogP contribution in [0.15, 0.2) is 109 Å². The number of fused-ring (bicyclic) bond motifs is 3. The van der Waals surface area contributed by atoms with Gasteiger partial charge in [0.25, 0.3) is 0 Å². The van der Waals surface area contributed by atoms with Crippen molar-refractivity contribution >= 4 is 34.1 Å². The zero-order chi connectivity index (χ0) is 50.3. The lowest BCUT2D eigenvalue weighted by molar-refractivity contribution is 0.299. The second-order valence-electron chi connectivity index (χ2n) is 25.0. The Balaban J connectivity index is 1.24. The van der Waals surface area contributed by atoms with Crippen LogP contribution in [0, 0.1) is 27.7 Å². The minimum absolute atomic E-state index is 0.0689. The maximum atomic E-state index is 2.67. The minimum atomic E-state index is 0.0689. The third kappa shape index (κ3) is 7.98. The third-order valence-corrected chi connectivity index (χ3v) is 19.1.